The van der Waals surface area contributed by atoms with Gasteiger partial charge >= 0.3 is 0 Å². The van der Waals surface area contributed by atoms with Crippen LogP contribution in [0.4, 0.5) is 0 Å². The smallest absolute Gasteiger partial charge is 0.235 e. The fraction of sp³-hybridized carbons (Fsp3) is 0.0556. The standard InChI is InChI=1S/C18H12O3S/c1-10-6-7-12-14(8-10)21-18(17(20)16(12)19)13-9-22-15-5-3-2-4-11(13)15/h2-9,20H,1H3. The largest absolute Gasteiger partial charge is 0.502 e. The highest BCUT2D eigenvalue weighted by atomic mass is 32.1. The zero-order valence-electron chi connectivity index (χ0n) is 11.8. The Morgan fingerprint density at radius 3 is 2.77 bits per heavy atom. The molecule has 4 heteroatoms. The van der Waals surface area contributed by atoms with E-state index >= 15 is 0 Å². The molecular weight excluding hydrogens is 296 g/mol. The molecule has 0 saturated heterocycles. The number of benzene rings is 2. The van der Waals surface area contributed by atoms with E-state index in [2.05, 4.69) is 0 Å². The van der Waals surface area contributed by atoms with Gasteiger partial charge in [-0.1, -0.05) is 24.3 Å². The molecule has 0 saturated carbocycles. The molecule has 0 atom stereocenters. The van der Waals surface area contributed by atoms with Gasteiger partial charge in [0, 0.05) is 21.0 Å². The summed E-state index contributed by atoms with van der Waals surface area (Å²) in [6.07, 6.45) is 0. The van der Waals surface area contributed by atoms with Crippen molar-refractivity contribution in [3.05, 3.63) is 63.6 Å². The Bertz CT molecular complexity index is 1070. The summed E-state index contributed by atoms with van der Waals surface area (Å²) in [5.41, 5.74) is 1.85. The van der Waals surface area contributed by atoms with Crippen molar-refractivity contribution in [2.45, 2.75) is 6.92 Å². The predicted octanol–water partition coefficient (Wildman–Crippen LogP) is 4.69. The van der Waals surface area contributed by atoms with Crippen molar-refractivity contribution in [1.29, 1.82) is 0 Å². The number of thiophene rings is 1. The zero-order chi connectivity index (χ0) is 15.3. The molecule has 4 aromatic rings. The molecule has 0 spiro atoms. The number of aromatic hydroxyl groups is 1. The Morgan fingerprint density at radius 2 is 1.91 bits per heavy atom. The van der Waals surface area contributed by atoms with E-state index in [1.165, 1.54) is 0 Å². The van der Waals surface area contributed by atoms with Crippen LogP contribution in [0.1, 0.15) is 5.56 Å². The van der Waals surface area contributed by atoms with Crippen molar-refractivity contribution in [1.82, 2.24) is 0 Å². The van der Waals surface area contributed by atoms with Crippen LogP contribution in [0.15, 0.2) is 57.1 Å². The van der Waals surface area contributed by atoms with Crippen LogP contribution in [0, 0.1) is 6.92 Å². The van der Waals surface area contributed by atoms with Gasteiger partial charge in [-0.25, -0.2) is 0 Å². The highest BCUT2D eigenvalue weighted by Gasteiger charge is 2.18. The zero-order valence-corrected chi connectivity index (χ0v) is 12.6. The number of hydrogen-bond acceptors (Lipinski definition) is 4. The lowest BCUT2D eigenvalue weighted by atomic mass is 10.1. The molecule has 0 fully saturated rings. The van der Waals surface area contributed by atoms with Gasteiger partial charge in [-0.05, 0) is 30.7 Å². The Hall–Kier alpha value is -2.59. The molecule has 0 bridgehead atoms. The minimum atomic E-state index is -0.397. The second-order valence-corrected chi connectivity index (χ2v) is 6.17. The third kappa shape index (κ3) is 1.84. The van der Waals surface area contributed by atoms with Crippen LogP contribution in [0.5, 0.6) is 5.75 Å². The summed E-state index contributed by atoms with van der Waals surface area (Å²) in [5, 5.41) is 13.6. The van der Waals surface area contributed by atoms with Gasteiger partial charge in [-0.2, -0.15) is 0 Å². The van der Waals surface area contributed by atoms with Gasteiger partial charge in [0.2, 0.25) is 11.2 Å². The third-order valence-electron chi connectivity index (χ3n) is 3.75. The van der Waals surface area contributed by atoms with E-state index in [0.29, 0.717) is 11.0 Å². The molecule has 0 radical (unpaired) electrons. The fourth-order valence-corrected chi connectivity index (χ4v) is 3.57. The summed E-state index contributed by atoms with van der Waals surface area (Å²) in [4.78, 5) is 12.4. The minimum absolute atomic E-state index is 0.237. The van der Waals surface area contributed by atoms with E-state index in [0.717, 1.165) is 21.2 Å². The Balaban J connectivity index is 2.10. The summed E-state index contributed by atoms with van der Waals surface area (Å²) in [6, 6.07) is 13.2. The van der Waals surface area contributed by atoms with Gasteiger partial charge in [-0.15, -0.1) is 11.3 Å². The molecule has 4 rings (SSSR count). The van der Waals surface area contributed by atoms with Gasteiger partial charge in [0.05, 0.1) is 5.39 Å². The maximum Gasteiger partial charge on any atom is 0.235 e. The monoisotopic (exact) mass is 308 g/mol. The maximum absolute atomic E-state index is 12.4. The van der Waals surface area contributed by atoms with Crippen molar-refractivity contribution in [2.24, 2.45) is 0 Å². The van der Waals surface area contributed by atoms with Crippen LogP contribution < -0.4 is 5.43 Å². The average Bonchev–Trinajstić information content (AvgIpc) is 2.94. The molecule has 0 aliphatic rings. The molecule has 0 amide bonds. The molecule has 2 aromatic carbocycles. The lowest BCUT2D eigenvalue weighted by Gasteiger charge is -2.05. The highest BCUT2D eigenvalue weighted by Crippen LogP contribution is 2.38. The number of aryl methyl sites for hydroxylation is 1. The molecular formula is C18H12O3S. The minimum Gasteiger partial charge on any atom is -0.502 e. The third-order valence-corrected chi connectivity index (χ3v) is 4.71. The summed E-state index contributed by atoms with van der Waals surface area (Å²) >= 11 is 1.56. The molecule has 0 aliphatic heterocycles. The molecule has 0 unspecified atom stereocenters. The van der Waals surface area contributed by atoms with Crippen molar-refractivity contribution in [2.75, 3.05) is 0 Å². The molecule has 22 heavy (non-hydrogen) atoms. The Kier molecular flexibility index (Phi) is 2.81. The maximum atomic E-state index is 12.4. The highest BCUT2D eigenvalue weighted by molar-refractivity contribution is 7.17. The quantitative estimate of drug-likeness (QED) is 0.555. The van der Waals surface area contributed by atoms with Crippen molar-refractivity contribution < 1.29 is 9.52 Å². The van der Waals surface area contributed by atoms with Crippen molar-refractivity contribution in [3.63, 3.8) is 0 Å². The van der Waals surface area contributed by atoms with Crippen LogP contribution in [0.3, 0.4) is 0 Å². The van der Waals surface area contributed by atoms with Crippen LogP contribution >= 0.6 is 11.3 Å². The van der Waals surface area contributed by atoms with E-state index in [9.17, 15) is 9.90 Å². The predicted molar refractivity (Wildman–Crippen MR) is 89.7 cm³/mol. The first kappa shape index (κ1) is 13.1. The van der Waals surface area contributed by atoms with E-state index in [4.69, 9.17) is 4.42 Å². The van der Waals surface area contributed by atoms with E-state index in [1.807, 2.05) is 48.7 Å². The molecule has 108 valence electrons. The topological polar surface area (TPSA) is 50.4 Å². The van der Waals surface area contributed by atoms with Gasteiger partial charge in [0.25, 0.3) is 0 Å². The lowest BCUT2D eigenvalue weighted by molar-refractivity contribution is 0.449. The molecule has 3 nitrogen and oxygen atoms in total. The van der Waals surface area contributed by atoms with Crippen molar-refractivity contribution >= 4 is 32.4 Å². The van der Waals surface area contributed by atoms with Gasteiger partial charge in [0.15, 0.2) is 5.76 Å². The fourth-order valence-electron chi connectivity index (χ4n) is 2.63. The Labute approximate surface area is 130 Å². The van der Waals surface area contributed by atoms with Crippen LogP contribution in [0.2, 0.25) is 0 Å². The van der Waals surface area contributed by atoms with Gasteiger partial charge in [0.1, 0.15) is 5.58 Å². The van der Waals surface area contributed by atoms with E-state index in [-0.39, 0.29) is 11.5 Å². The first-order chi connectivity index (χ1) is 10.6. The normalized spacial score (nSPS) is 11.3. The van der Waals surface area contributed by atoms with Crippen LogP contribution in [-0.2, 0) is 0 Å². The first-order valence-electron chi connectivity index (χ1n) is 6.88. The first-order valence-corrected chi connectivity index (χ1v) is 7.76. The van der Waals surface area contributed by atoms with E-state index < -0.39 is 5.43 Å². The van der Waals surface area contributed by atoms with Crippen molar-refractivity contribution in [3.8, 4) is 17.1 Å². The SMILES string of the molecule is Cc1ccc2c(=O)c(O)c(-c3csc4ccccc34)oc2c1. The van der Waals surface area contributed by atoms with Gasteiger partial charge < -0.3 is 9.52 Å². The van der Waals surface area contributed by atoms with Gasteiger partial charge in [-0.3, -0.25) is 4.79 Å². The van der Waals surface area contributed by atoms with E-state index in [1.54, 1.807) is 17.4 Å². The second kappa shape index (κ2) is 4.71. The lowest BCUT2D eigenvalue weighted by Crippen LogP contribution is -2.02. The number of fused-ring (bicyclic) bond motifs is 2. The average molecular weight is 308 g/mol. The summed E-state index contributed by atoms with van der Waals surface area (Å²) in [7, 11) is 0. The number of rotatable bonds is 1. The summed E-state index contributed by atoms with van der Waals surface area (Å²) in [5.74, 6) is -0.0968. The Morgan fingerprint density at radius 1 is 1.09 bits per heavy atom. The molecule has 2 heterocycles. The number of hydrogen-bond donors (Lipinski definition) is 1. The molecule has 1 N–H and O–H groups in total. The van der Waals surface area contributed by atoms with Crippen LogP contribution in [0.25, 0.3) is 32.4 Å². The molecule has 2 aromatic heterocycles. The molecule has 0 aliphatic carbocycles. The van der Waals surface area contributed by atoms with Crippen LogP contribution in [-0.4, -0.2) is 5.11 Å². The second-order valence-electron chi connectivity index (χ2n) is 5.25. The summed E-state index contributed by atoms with van der Waals surface area (Å²) in [6.45, 7) is 1.94. The summed E-state index contributed by atoms with van der Waals surface area (Å²) < 4.78 is 6.95.